The van der Waals surface area contributed by atoms with Crippen molar-refractivity contribution in [1.82, 2.24) is 9.62 Å². The highest BCUT2D eigenvalue weighted by atomic mass is 32.2. The van der Waals surface area contributed by atoms with Crippen molar-refractivity contribution in [3.05, 3.63) is 23.8 Å². The van der Waals surface area contributed by atoms with E-state index in [0.29, 0.717) is 24.2 Å². The molecule has 0 radical (unpaired) electrons. The van der Waals surface area contributed by atoms with Gasteiger partial charge < -0.3 is 15.3 Å². The van der Waals surface area contributed by atoms with Crippen molar-refractivity contribution in [1.29, 1.82) is 0 Å². The molecule has 0 saturated carbocycles. The SMILES string of the molecule is Cc1ccc(NC(=O)N2CCC(C)(C(=O)O)C2)cc1S(=O)(=O)NC(C)(C)C. The first-order valence-electron chi connectivity index (χ1n) is 8.67. The molecule has 2 amide bonds. The molecule has 1 aliphatic rings. The van der Waals surface area contributed by atoms with Gasteiger partial charge in [-0.05, 0) is 58.7 Å². The van der Waals surface area contributed by atoms with Crippen molar-refractivity contribution in [3.8, 4) is 0 Å². The van der Waals surface area contributed by atoms with Gasteiger partial charge in [-0.2, -0.15) is 0 Å². The molecule has 150 valence electrons. The number of rotatable bonds is 4. The van der Waals surface area contributed by atoms with Gasteiger partial charge in [-0.1, -0.05) is 6.07 Å². The molecule has 8 nitrogen and oxygen atoms in total. The number of anilines is 1. The van der Waals surface area contributed by atoms with Crippen LogP contribution in [0.25, 0.3) is 0 Å². The Hall–Kier alpha value is -2.13. The maximum atomic E-state index is 12.6. The summed E-state index contributed by atoms with van der Waals surface area (Å²) >= 11 is 0. The van der Waals surface area contributed by atoms with E-state index < -0.39 is 33.0 Å². The van der Waals surface area contributed by atoms with Gasteiger partial charge in [-0.3, -0.25) is 4.79 Å². The Balaban J connectivity index is 2.19. The zero-order valence-electron chi connectivity index (χ0n) is 16.3. The molecule has 0 aromatic heterocycles. The van der Waals surface area contributed by atoms with E-state index in [0.717, 1.165) is 0 Å². The summed E-state index contributed by atoms with van der Waals surface area (Å²) in [6.45, 7) is 8.97. The number of carboxylic acid groups (broad SMARTS) is 1. The number of benzene rings is 1. The summed E-state index contributed by atoms with van der Waals surface area (Å²) in [4.78, 5) is 25.3. The highest BCUT2D eigenvalue weighted by Crippen LogP contribution is 2.30. The highest BCUT2D eigenvalue weighted by molar-refractivity contribution is 7.89. The fraction of sp³-hybridized carbons (Fsp3) is 0.556. The summed E-state index contributed by atoms with van der Waals surface area (Å²) in [5.41, 5.74) is -0.704. The Morgan fingerprint density at radius 2 is 1.89 bits per heavy atom. The zero-order chi connectivity index (χ0) is 20.6. The molecule has 0 aliphatic carbocycles. The number of carbonyl (C=O) groups is 2. The normalized spacial score (nSPS) is 20.6. The number of nitrogens with one attached hydrogen (secondary N) is 2. The van der Waals surface area contributed by atoms with Crippen LogP contribution in [0, 0.1) is 12.3 Å². The molecule has 0 bridgehead atoms. The molecular weight excluding hydrogens is 370 g/mol. The van der Waals surface area contributed by atoms with Gasteiger partial charge in [0.1, 0.15) is 0 Å². The molecule has 1 saturated heterocycles. The van der Waals surface area contributed by atoms with Crippen LogP contribution in [-0.2, 0) is 14.8 Å². The average molecular weight is 397 g/mol. The summed E-state index contributed by atoms with van der Waals surface area (Å²) in [6.07, 6.45) is 0.374. The number of amides is 2. The molecule has 9 heteroatoms. The lowest BCUT2D eigenvalue weighted by Gasteiger charge is -2.22. The molecule has 3 N–H and O–H groups in total. The number of aliphatic carboxylic acids is 1. The fourth-order valence-corrected chi connectivity index (χ4v) is 4.63. The number of sulfonamides is 1. The minimum absolute atomic E-state index is 0.0898. The Kier molecular flexibility index (Phi) is 5.58. The molecule has 1 heterocycles. The molecular formula is C18H27N3O5S. The molecule has 1 unspecified atom stereocenters. The molecule has 0 spiro atoms. The lowest BCUT2D eigenvalue weighted by atomic mass is 9.90. The van der Waals surface area contributed by atoms with Crippen LogP contribution < -0.4 is 10.0 Å². The second-order valence-corrected chi connectivity index (χ2v) is 9.95. The number of carbonyl (C=O) groups excluding carboxylic acids is 1. The van der Waals surface area contributed by atoms with Gasteiger partial charge in [0, 0.05) is 24.3 Å². The van der Waals surface area contributed by atoms with Crippen LogP contribution in [0.5, 0.6) is 0 Å². The summed E-state index contributed by atoms with van der Waals surface area (Å²) in [6, 6.07) is 4.21. The van der Waals surface area contributed by atoms with E-state index in [1.807, 2.05) is 0 Å². The van der Waals surface area contributed by atoms with Crippen LogP contribution in [0.2, 0.25) is 0 Å². The third-order valence-corrected chi connectivity index (χ3v) is 6.35. The van der Waals surface area contributed by atoms with E-state index in [9.17, 15) is 23.1 Å². The maximum absolute atomic E-state index is 12.6. The van der Waals surface area contributed by atoms with E-state index >= 15 is 0 Å². The topological polar surface area (TPSA) is 116 Å². The van der Waals surface area contributed by atoms with Gasteiger partial charge >= 0.3 is 12.0 Å². The maximum Gasteiger partial charge on any atom is 0.321 e. The number of aryl methyl sites for hydroxylation is 1. The number of likely N-dealkylation sites (tertiary alicyclic amines) is 1. The fourth-order valence-electron chi connectivity index (χ4n) is 2.94. The van der Waals surface area contributed by atoms with Crippen LogP contribution >= 0.6 is 0 Å². The van der Waals surface area contributed by atoms with E-state index in [-0.39, 0.29) is 11.4 Å². The van der Waals surface area contributed by atoms with Crippen LogP contribution in [0.3, 0.4) is 0 Å². The standard InChI is InChI=1S/C18H27N3O5S/c1-12-6-7-13(10-14(12)27(25,26)20-17(2,3)4)19-16(24)21-9-8-18(5,11-21)15(22)23/h6-7,10,20H,8-9,11H2,1-5H3,(H,19,24)(H,22,23). The van der Waals surface area contributed by atoms with Gasteiger partial charge in [-0.15, -0.1) is 0 Å². The lowest BCUT2D eigenvalue weighted by molar-refractivity contribution is -0.146. The first-order chi connectivity index (χ1) is 12.2. The van der Waals surface area contributed by atoms with Crippen LogP contribution in [-0.4, -0.2) is 49.1 Å². The molecule has 2 rings (SSSR count). The van der Waals surface area contributed by atoms with Crippen molar-refractivity contribution in [3.63, 3.8) is 0 Å². The van der Waals surface area contributed by atoms with Gasteiger partial charge in [0.05, 0.1) is 10.3 Å². The van der Waals surface area contributed by atoms with E-state index in [1.54, 1.807) is 46.8 Å². The lowest BCUT2D eigenvalue weighted by Crippen LogP contribution is -2.40. The second-order valence-electron chi connectivity index (χ2n) is 8.30. The number of carboxylic acids is 1. The first-order valence-corrected chi connectivity index (χ1v) is 10.2. The van der Waals surface area contributed by atoms with Gasteiger partial charge in [0.25, 0.3) is 0 Å². The van der Waals surface area contributed by atoms with Crippen molar-refractivity contribution < 1.29 is 23.1 Å². The number of nitrogens with zero attached hydrogens (tertiary/aromatic N) is 1. The second kappa shape index (κ2) is 7.12. The molecule has 27 heavy (non-hydrogen) atoms. The summed E-state index contributed by atoms with van der Waals surface area (Å²) < 4.78 is 27.8. The van der Waals surface area contributed by atoms with E-state index in [2.05, 4.69) is 10.0 Å². The highest BCUT2D eigenvalue weighted by Gasteiger charge is 2.42. The Morgan fingerprint density at radius 3 is 2.41 bits per heavy atom. The molecule has 1 fully saturated rings. The van der Waals surface area contributed by atoms with Crippen molar-refractivity contribution in [2.24, 2.45) is 5.41 Å². The predicted octanol–water partition coefficient (Wildman–Crippen LogP) is 2.40. The quantitative estimate of drug-likeness (QED) is 0.721. The van der Waals surface area contributed by atoms with Crippen LogP contribution in [0.15, 0.2) is 23.1 Å². The third-order valence-electron chi connectivity index (χ3n) is 4.45. The van der Waals surface area contributed by atoms with Crippen molar-refractivity contribution in [2.75, 3.05) is 18.4 Å². The predicted molar refractivity (Wildman–Crippen MR) is 102 cm³/mol. The summed E-state index contributed by atoms with van der Waals surface area (Å²) in [7, 11) is -3.75. The number of urea groups is 1. The minimum atomic E-state index is -3.75. The first kappa shape index (κ1) is 21.2. The zero-order valence-corrected chi connectivity index (χ0v) is 17.1. The molecule has 1 aliphatic heterocycles. The largest absolute Gasteiger partial charge is 0.481 e. The summed E-state index contributed by atoms with van der Waals surface area (Å²) in [5, 5.41) is 11.9. The third kappa shape index (κ3) is 4.98. The van der Waals surface area contributed by atoms with Gasteiger partial charge in [0.2, 0.25) is 10.0 Å². The van der Waals surface area contributed by atoms with E-state index in [4.69, 9.17) is 0 Å². The molecule has 1 atom stereocenters. The Morgan fingerprint density at radius 1 is 1.26 bits per heavy atom. The Bertz CT molecular complexity index is 860. The van der Waals surface area contributed by atoms with Crippen LogP contribution in [0.4, 0.5) is 10.5 Å². The summed E-state index contributed by atoms with van der Waals surface area (Å²) in [5.74, 6) is -0.935. The number of hydrogen-bond acceptors (Lipinski definition) is 4. The Labute approximate surface area is 160 Å². The number of hydrogen-bond donors (Lipinski definition) is 3. The van der Waals surface area contributed by atoms with Crippen molar-refractivity contribution in [2.45, 2.75) is 51.5 Å². The van der Waals surface area contributed by atoms with Gasteiger partial charge in [0.15, 0.2) is 0 Å². The molecule has 1 aromatic rings. The smallest absolute Gasteiger partial charge is 0.321 e. The van der Waals surface area contributed by atoms with Crippen LogP contribution in [0.1, 0.15) is 39.7 Å². The monoisotopic (exact) mass is 397 g/mol. The minimum Gasteiger partial charge on any atom is -0.481 e. The molecule has 1 aromatic carbocycles. The van der Waals surface area contributed by atoms with Gasteiger partial charge in [-0.25, -0.2) is 17.9 Å². The van der Waals surface area contributed by atoms with E-state index in [1.165, 1.54) is 11.0 Å². The van der Waals surface area contributed by atoms with Crippen molar-refractivity contribution >= 4 is 27.7 Å². The average Bonchev–Trinajstić information content (AvgIpc) is 2.91.